The Bertz CT molecular complexity index is 548. The third kappa shape index (κ3) is 3.70. The van der Waals surface area contributed by atoms with E-state index in [0.717, 1.165) is 24.2 Å². The zero-order chi connectivity index (χ0) is 14.7. The molecule has 2 aromatic heterocycles. The van der Waals surface area contributed by atoms with Gasteiger partial charge in [-0.15, -0.1) is 5.10 Å². The van der Waals surface area contributed by atoms with Crippen molar-refractivity contribution in [3.63, 3.8) is 0 Å². The van der Waals surface area contributed by atoms with Crippen molar-refractivity contribution in [3.8, 4) is 0 Å². The van der Waals surface area contributed by atoms with Crippen molar-refractivity contribution in [2.24, 2.45) is 5.92 Å². The van der Waals surface area contributed by atoms with Gasteiger partial charge in [0, 0.05) is 18.8 Å². The topological polar surface area (TPSA) is 45.5 Å². The summed E-state index contributed by atoms with van der Waals surface area (Å²) in [4.78, 5) is 6.78. The van der Waals surface area contributed by atoms with E-state index in [4.69, 9.17) is 0 Å². The van der Waals surface area contributed by atoms with Crippen LogP contribution in [0, 0.1) is 12.8 Å². The molecule has 0 amide bonds. The standard InChI is InChI=1S/C15H25N5/c1-11(2)9-13(10-19(4)5)16-15-17-14-12(3)7-6-8-20(14)18-15/h6-8,11,13H,9-10H2,1-5H3,(H,16,18). The first kappa shape index (κ1) is 14.8. The van der Waals surface area contributed by atoms with E-state index in [-0.39, 0.29) is 0 Å². The first-order valence-corrected chi connectivity index (χ1v) is 7.19. The Morgan fingerprint density at radius 1 is 1.35 bits per heavy atom. The molecule has 0 spiro atoms. The lowest BCUT2D eigenvalue weighted by molar-refractivity contribution is 0.355. The van der Waals surface area contributed by atoms with Gasteiger partial charge in [0.15, 0.2) is 5.65 Å². The van der Waals surface area contributed by atoms with Gasteiger partial charge in [-0.25, -0.2) is 4.52 Å². The highest BCUT2D eigenvalue weighted by Gasteiger charge is 2.14. The Morgan fingerprint density at radius 2 is 2.10 bits per heavy atom. The average molecular weight is 275 g/mol. The minimum Gasteiger partial charge on any atom is -0.349 e. The molecule has 0 aromatic carbocycles. The van der Waals surface area contributed by atoms with Crippen LogP contribution in [0.3, 0.4) is 0 Å². The number of hydrogen-bond acceptors (Lipinski definition) is 4. The predicted molar refractivity (Wildman–Crippen MR) is 83.1 cm³/mol. The second-order valence-corrected chi connectivity index (χ2v) is 6.13. The summed E-state index contributed by atoms with van der Waals surface area (Å²) in [5, 5.41) is 7.98. The molecule has 0 saturated carbocycles. The molecule has 0 saturated heterocycles. The van der Waals surface area contributed by atoms with Crippen LogP contribution in [-0.4, -0.2) is 46.2 Å². The fourth-order valence-electron chi connectivity index (χ4n) is 2.47. The van der Waals surface area contributed by atoms with E-state index in [9.17, 15) is 0 Å². The van der Waals surface area contributed by atoms with Gasteiger partial charge in [0.05, 0.1) is 0 Å². The third-order valence-electron chi connectivity index (χ3n) is 3.23. The van der Waals surface area contributed by atoms with Crippen LogP contribution in [-0.2, 0) is 0 Å². The Balaban J connectivity index is 2.17. The Kier molecular flexibility index (Phi) is 4.60. The van der Waals surface area contributed by atoms with Gasteiger partial charge in [-0.1, -0.05) is 19.9 Å². The normalized spacial score (nSPS) is 13.3. The molecule has 2 rings (SSSR count). The summed E-state index contributed by atoms with van der Waals surface area (Å²) in [7, 11) is 4.19. The maximum atomic E-state index is 4.59. The van der Waals surface area contributed by atoms with Crippen LogP contribution in [0.5, 0.6) is 0 Å². The summed E-state index contributed by atoms with van der Waals surface area (Å²) in [6, 6.07) is 4.41. The van der Waals surface area contributed by atoms with Crippen LogP contribution in [0.25, 0.3) is 5.65 Å². The first-order chi connectivity index (χ1) is 9.45. The fraction of sp³-hybridized carbons (Fsp3) is 0.600. The van der Waals surface area contributed by atoms with Gasteiger partial charge in [0.1, 0.15) is 0 Å². The zero-order valence-corrected chi connectivity index (χ0v) is 13.1. The number of anilines is 1. The summed E-state index contributed by atoms with van der Waals surface area (Å²) >= 11 is 0. The number of pyridine rings is 1. The Hall–Kier alpha value is -1.62. The average Bonchev–Trinajstić information content (AvgIpc) is 2.71. The molecule has 0 bridgehead atoms. The van der Waals surface area contributed by atoms with Gasteiger partial charge >= 0.3 is 0 Å². The molecule has 110 valence electrons. The SMILES string of the molecule is Cc1cccn2nc(NC(CC(C)C)CN(C)C)nc12. The molecule has 0 aliphatic heterocycles. The van der Waals surface area contributed by atoms with E-state index < -0.39 is 0 Å². The van der Waals surface area contributed by atoms with Crippen molar-refractivity contribution >= 4 is 11.6 Å². The summed E-state index contributed by atoms with van der Waals surface area (Å²) in [5.41, 5.74) is 2.06. The number of hydrogen-bond donors (Lipinski definition) is 1. The second kappa shape index (κ2) is 6.22. The Labute approximate surface area is 121 Å². The summed E-state index contributed by atoms with van der Waals surface area (Å²) in [6.45, 7) is 7.52. The molecule has 5 heteroatoms. The lowest BCUT2D eigenvalue weighted by Crippen LogP contribution is -2.33. The summed E-state index contributed by atoms with van der Waals surface area (Å²) in [6.07, 6.45) is 3.04. The van der Waals surface area contributed by atoms with Crippen molar-refractivity contribution in [2.75, 3.05) is 26.0 Å². The van der Waals surface area contributed by atoms with Gasteiger partial charge in [0.25, 0.3) is 0 Å². The highest BCUT2D eigenvalue weighted by atomic mass is 15.4. The van der Waals surface area contributed by atoms with Crippen LogP contribution >= 0.6 is 0 Å². The predicted octanol–water partition coefficient (Wildman–Crippen LogP) is 2.43. The zero-order valence-electron chi connectivity index (χ0n) is 13.1. The largest absolute Gasteiger partial charge is 0.349 e. The van der Waals surface area contributed by atoms with Crippen LogP contribution < -0.4 is 5.32 Å². The molecule has 0 aliphatic carbocycles. The lowest BCUT2D eigenvalue weighted by atomic mass is 10.0. The number of aryl methyl sites for hydroxylation is 1. The van der Waals surface area contributed by atoms with E-state index >= 15 is 0 Å². The van der Waals surface area contributed by atoms with E-state index in [1.165, 1.54) is 0 Å². The molecule has 2 heterocycles. The van der Waals surface area contributed by atoms with Gasteiger partial charge < -0.3 is 10.2 Å². The van der Waals surface area contributed by atoms with Gasteiger partial charge in [-0.2, -0.15) is 4.98 Å². The molecule has 5 nitrogen and oxygen atoms in total. The van der Waals surface area contributed by atoms with Crippen molar-refractivity contribution in [1.29, 1.82) is 0 Å². The number of nitrogens with one attached hydrogen (secondary N) is 1. The van der Waals surface area contributed by atoms with Crippen LogP contribution in [0.15, 0.2) is 18.3 Å². The van der Waals surface area contributed by atoms with Crippen LogP contribution in [0.2, 0.25) is 0 Å². The molecule has 20 heavy (non-hydrogen) atoms. The van der Waals surface area contributed by atoms with E-state index in [0.29, 0.717) is 17.9 Å². The van der Waals surface area contributed by atoms with Crippen molar-refractivity contribution in [1.82, 2.24) is 19.5 Å². The summed E-state index contributed by atoms with van der Waals surface area (Å²) < 4.78 is 1.83. The quantitative estimate of drug-likeness (QED) is 0.879. The van der Waals surface area contributed by atoms with Crippen LogP contribution in [0.1, 0.15) is 25.8 Å². The van der Waals surface area contributed by atoms with E-state index in [2.05, 4.69) is 61.2 Å². The van der Waals surface area contributed by atoms with Gasteiger partial charge in [0.2, 0.25) is 5.95 Å². The van der Waals surface area contributed by atoms with E-state index in [1.807, 2.05) is 16.8 Å². The van der Waals surface area contributed by atoms with Crippen molar-refractivity contribution in [3.05, 3.63) is 23.9 Å². The number of fused-ring (bicyclic) bond motifs is 1. The molecule has 1 N–H and O–H groups in total. The highest BCUT2D eigenvalue weighted by molar-refractivity contribution is 5.49. The van der Waals surface area contributed by atoms with Gasteiger partial charge in [-0.3, -0.25) is 0 Å². The molecule has 1 unspecified atom stereocenters. The molecular formula is C15H25N5. The molecule has 2 aromatic rings. The minimum absolute atomic E-state index is 0.364. The Morgan fingerprint density at radius 3 is 2.70 bits per heavy atom. The van der Waals surface area contributed by atoms with Gasteiger partial charge in [-0.05, 0) is 45.0 Å². The third-order valence-corrected chi connectivity index (χ3v) is 3.23. The first-order valence-electron chi connectivity index (χ1n) is 7.19. The molecular weight excluding hydrogens is 250 g/mol. The van der Waals surface area contributed by atoms with Crippen LogP contribution in [0.4, 0.5) is 5.95 Å². The highest BCUT2D eigenvalue weighted by Crippen LogP contribution is 2.13. The number of rotatable bonds is 6. The number of likely N-dealkylation sites (N-methyl/N-ethyl adjacent to an activating group) is 1. The second-order valence-electron chi connectivity index (χ2n) is 6.13. The molecule has 0 aliphatic rings. The maximum Gasteiger partial charge on any atom is 0.243 e. The number of aromatic nitrogens is 3. The molecule has 0 fully saturated rings. The summed E-state index contributed by atoms with van der Waals surface area (Å²) in [5.74, 6) is 1.36. The molecule has 0 radical (unpaired) electrons. The maximum absolute atomic E-state index is 4.59. The van der Waals surface area contributed by atoms with E-state index in [1.54, 1.807) is 0 Å². The number of nitrogens with zero attached hydrogens (tertiary/aromatic N) is 4. The molecule has 1 atom stereocenters. The monoisotopic (exact) mass is 275 g/mol. The van der Waals surface area contributed by atoms with Crippen molar-refractivity contribution in [2.45, 2.75) is 33.2 Å². The minimum atomic E-state index is 0.364. The van der Waals surface area contributed by atoms with Crippen molar-refractivity contribution < 1.29 is 0 Å². The smallest absolute Gasteiger partial charge is 0.243 e. The fourth-order valence-corrected chi connectivity index (χ4v) is 2.47. The lowest BCUT2D eigenvalue weighted by Gasteiger charge is -2.23.